The fraction of sp³-hybridized carbons (Fsp3) is 0.0870. The molecule has 0 saturated heterocycles. The molecule has 3 aromatic carbocycles. The van der Waals surface area contributed by atoms with Gasteiger partial charge in [0.05, 0.1) is 34.9 Å². The van der Waals surface area contributed by atoms with Crippen LogP contribution in [0.15, 0.2) is 42.5 Å². The van der Waals surface area contributed by atoms with Gasteiger partial charge in [0.2, 0.25) is 5.69 Å². The molecule has 0 heterocycles. The van der Waals surface area contributed by atoms with Gasteiger partial charge in [-0.3, -0.25) is 0 Å². The minimum absolute atomic E-state index is 0.0808. The molecule has 3 rings (SSSR count). The summed E-state index contributed by atoms with van der Waals surface area (Å²) in [5.41, 5.74) is -3.67. The number of nitriles is 2. The number of ether oxygens (including phenoxy) is 1. The van der Waals surface area contributed by atoms with Gasteiger partial charge in [0.1, 0.15) is 35.0 Å². The van der Waals surface area contributed by atoms with Crippen LogP contribution >= 0.6 is 0 Å². The highest BCUT2D eigenvalue weighted by Crippen LogP contribution is 2.36. The van der Waals surface area contributed by atoms with E-state index in [2.05, 4.69) is 4.85 Å². The minimum Gasteiger partial charge on any atom is -0.457 e. The molecule has 0 bridgehead atoms. The third kappa shape index (κ3) is 6.24. The number of halogens is 8. The zero-order chi connectivity index (χ0) is 26.3. The van der Waals surface area contributed by atoms with Gasteiger partial charge in [-0.25, -0.2) is 40.0 Å². The van der Waals surface area contributed by atoms with Crippen molar-refractivity contribution in [1.29, 1.82) is 10.5 Å². The van der Waals surface area contributed by atoms with Gasteiger partial charge in [0.15, 0.2) is 5.82 Å². The Balaban J connectivity index is 0.000000283. The van der Waals surface area contributed by atoms with Crippen molar-refractivity contribution in [3.05, 3.63) is 99.4 Å². The Hall–Kier alpha value is -4.63. The number of nitrogens with zero attached hydrogens (tertiary/aromatic N) is 3. The zero-order valence-electron chi connectivity index (χ0n) is 17.0. The van der Waals surface area contributed by atoms with Gasteiger partial charge in [0.25, 0.3) is 12.9 Å². The molecule has 0 aromatic heterocycles. The van der Waals surface area contributed by atoms with Gasteiger partial charge in [0, 0.05) is 6.07 Å². The molecule has 178 valence electrons. The molecule has 12 heteroatoms. The molecule has 35 heavy (non-hydrogen) atoms. The highest BCUT2D eigenvalue weighted by molar-refractivity contribution is 5.49. The van der Waals surface area contributed by atoms with Crippen LogP contribution in [0.3, 0.4) is 0 Å². The Morgan fingerprint density at radius 2 is 1.46 bits per heavy atom. The summed E-state index contributed by atoms with van der Waals surface area (Å²) in [7, 11) is 0. The van der Waals surface area contributed by atoms with Crippen LogP contribution in [0.25, 0.3) is 4.85 Å². The fourth-order valence-corrected chi connectivity index (χ4v) is 2.61. The first-order valence-electron chi connectivity index (χ1n) is 9.06. The lowest BCUT2D eigenvalue weighted by Crippen LogP contribution is -1.99. The molecule has 0 aliphatic heterocycles. The van der Waals surface area contributed by atoms with E-state index in [9.17, 15) is 35.1 Å². The first-order chi connectivity index (χ1) is 16.5. The van der Waals surface area contributed by atoms with Gasteiger partial charge < -0.3 is 4.74 Å². The third-order valence-electron chi connectivity index (χ3n) is 4.15. The summed E-state index contributed by atoms with van der Waals surface area (Å²) in [4.78, 5) is 2.63. The van der Waals surface area contributed by atoms with Crippen molar-refractivity contribution in [1.82, 2.24) is 0 Å². The Bertz CT molecular complexity index is 1370. The minimum atomic E-state index is -3.25. The van der Waals surface area contributed by atoms with E-state index in [0.717, 1.165) is 36.4 Å². The van der Waals surface area contributed by atoms with E-state index in [1.165, 1.54) is 6.07 Å². The van der Waals surface area contributed by atoms with E-state index in [4.69, 9.17) is 21.8 Å². The largest absolute Gasteiger partial charge is 0.457 e. The molecule has 0 fully saturated rings. The van der Waals surface area contributed by atoms with Crippen molar-refractivity contribution in [3.8, 4) is 23.6 Å². The van der Waals surface area contributed by atoms with Gasteiger partial charge in [-0.05, 0) is 30.3 Å². The Kier molecular flexibility index (Phi) is 8.73. The predicted octanol–water partition coefficient (Wildman–Crippen LogP) is 7.89. The van der Waals surface area contributed by atoms with Gasteiger partial charge in [-0.15, -0.1) is 0 Å². The van der Waals surface area contributed by atoms with Gasteiger partial charge in [-0.2, -0.15) is 10.5 Å². The summed E-state index contributed by atoms with van der Waals surface area (Å²) in [6.07, 6.45) is -6.48. The van der Waals surface area contributed by atoms with Gasteiger partial charge in [-0.1, -0.05) is 6.07 Å². The lowest BCUT2D eigenvalue weighted by molar-refractivity contribution is 0.141. The predicted molar refractivity (Wildman–Crippen MR) is 105 cm³/mol. The second kappa shape index (κ2) is 11.5. The molecular weight excluding hydrogens is 486 g/mol. The number of hydrogen-bond donors (Lipinski definition) is 0. The molecule has 0 unspecified atom stereocenters. The van der Waals surface area contributed by atoms with E-state index in [-0.39, 0.29) is 11.3 Å². The summed E-state index contributed by atoms with van der Waals surface area (Å²) >= 11 is 0. The second-order valence-electron chi connectivity index (χ2n) is 6.35. The molecule has 0 amide bonds. The molecule has 0 atom stereocenters. The van der Waals surface area contributed by atoms with E-state index in [1.807, 2.05) is 0 Å². The topological polar surface area (TPSA) is 61.2 Å². The van der Waals surface area contributed by atoms with Crippen molar-refractivity contribution in [2.24, 2.45) is 0 Å². The van der Waals surface area contributed by atoms with Crippen LogP contribution in [0.2, 0.25) is 0 Å². The van der Waals surface area contributed by atoms with Gasteiger partial charge >= 0.3 is 0 Å². The summed E-state index contributed by atoms with van der Waals surface area (Å²) in [6, 6.07) is 9.47. The maximum absolute atomic E-state index is 13.8. The van der Waals surface area contributed by atoms with Crippen molar-refractivity contribution < 1.29 is 39.9 Å². The van der Waals surface area contributed by atoms with Crippen LogP contribution in [0.1, 0.15) is 35.1 Å². The summed E-state index contributed by atoms with van der Waals surface area (Å²) in [5, 5.41) is 17.4. The van der Waals surface area contributed by atoms with Crippen molar-refractivity contribution >= 4 is 5.69 Å². The highest BCUT2D eigenvalue weighted by atomic mass is 19.3. The Morgan fingerprint density at radius 3 is 2.00 bits per heavy atom. The molecule has 0 N–H and O–H groups in total. The number of rotatable bonds is 4. The molecule has 0 saturated carbocycles. The van der Waals surface area contributed by atoms with Crippen LogP contribution in [-0.4, -0.2) is 0 Å². The van der Waals surface area contributed by atoms with Crippen molar-refractivity contribution in [3.63, 3.8) is 0 Å². The lowest BCUT2D eigenvalue weighted by Gasteiger charge is -2.12. The summed E-state index contributed by atoms with van der Waals surface area (Å²) < 4.78 is 108. The molecule has 3 aromatic rings. The first-order valence-corrected chi connectivity index (χ1v) is 9.06. The Morgan fingerprint density at radius 1 is 0.800 bits per heavy atom. The van der Waals surface area contributed by atoms with Crippen LogP contribution in [0.5, 0.6) is 11.5 Å². The van der Waals surface area contributed by atoms with Crippen molar-refractivity contribution in [2.75, 3.05) is 0 Å². The molecule has 4 nitrogen and oxygen atoms in total. The monoisotopic (exact) mass is 495 g/mol. The SMILES string of the molecule is N#Cc1cc(F)cc(Oc2ccc(C#N)c(F)c2C(F)F)c1.[C-]#[N+]c1ccc(F)c(C(F)F)c1F. The highest BCUT2D eigenvalue weighted by Gasteiger charge is 2.23. The molecular formula is C23H9F8N3O. The van der Waals surface area contributed by atoms with E-state index in [0.29, 0.717) is 6.07 Å². The standard InChI is InChI=1S/C15H6F4N2O.C8H3F4N/c16-10-3-8(6-20)4-11(5-10)22-12-2-1-9(7-21)14(17)13(12)15(18)19;1-13-5-3-2-4(9)6(7(5)10)8(11)12/h1-5,15H;2-3,8H. The van der Waals surface area contributed by atoms with Crippen LogP contribution < -0.4 is 4.74 Å². The number of benzene rings is 3. The van der Waals surface area contributed by atoms with E-state index < -0.39 is 64.2 Å². The average Bonchev–Trinajstić information content (AvgIpc) is 2.79. The summed E-state index contributed by atoms with van der Waals surface area (Å²) in [6.45, 7) is 6.41. The molecule has 0 radical (unpaired) electrons. The van der Waals surface area contributed by atoms with Crippen LogP contribution in [0, 0.1) is 52.5 Å². The molecule has 0 aliphatic rings. The zero-order valence-corrected chi connectivity index (χ0v) is 17.0. The maximum atomic E-state index is 13.8. The quantitative estimate of drug-likeness (QED) is 0.273. The number of alkyl halides is 4. The fourth-order valence-electron chi connectivity index (χ4n) is 2.61. The van der Waals surface area contributed by atoms with Crippen LogP contribution in [0.4, 0.5) is 40.8 Å². The molecule has 0 spiro atoms. The third-order valence-corrected chi connectivity index (χ3v) is 4.15. The maximum Gasteiger partial charge on any atom is 0.270 e. The number of hydrogen-bond acceptors (Lipinski definition) is 3. The first kappa shape index (κ1) is 26.6. The average molecular weight is 495 g/mol. The second-order valence-corrected chi connectivity index (χ2v) is 6.35. The lowest BCUT2D eigenvalue weighted by atomic mass is 10.1. The van der Waals surface area contributed by atoms with E-state index in [1.54, 1.807) is 6.07 Å². The van der Waals surface area contributed by atoms with E-state index >= 15 is 0 Å². The van der Waals surface area contributed by atoms with Crippen molar-refractivity contribution in [2.45, 2.75) is 12.9 Å². The Labute approximate surface area is 192 Å². The van der Waals surface area contributed by atoms with Crippen LogP contribution in [-0.2, 0) is 0 Å². The smallest absolute Gasteiger partial charge is 0.270 e. The normalized spacial score (nSPS) is 10.1. The molecule has 0 aliphatic carbocycles. The summed E-state index contributed by atoms with van der Waals surface area (Å²) in [5.74, 6) is -5.80.